The fourth-order valence-electron chi connectivity index (χ4n) is 1.72. The van der Waals surface area contributed by atoms with Gasteiger partial charge in [0.05, 0.1) is 0 Å². The van der Waals surface area contributed by atoms with Crippen LogP contribution in [-0.4, -0.2) is 15.5 Å². The predicted molar refractivity (Wildman–Crippen MR) is 94.9 cm³/mol. The van der Waals surface area contributed by atoms with Crippen LogP contribution in [0.1, 0.15) is 10.5 Å². The molecule has 1 aromatic heterocycles. The van der Waals surface area contributed by atoms with Crippen molar-refractivity contribution in [2.24, 2.45) is 0 Å². The summed E-state index contributed by atoms with van der Waals surface area (Å²) >= 11 is 14.3. The lowest BCUT2D eigenvalue weighted by Crippen LogP contribution is -2.13. The number of hydrogen-bond donors (Lipinski definition) is 1. The molecule has 1 heterocycles. The second kappa shape index (κ2) is 7.31. The summed E-state index contributed by atoms with van der Waals surface area (Å²) in [4.78, 5) is 13.3. The standard InChI is InChI=1S/C15H9Cl2N3OS2/c16-9-1-5-11(6-2-9)18-14(21)13-15(23-20-19-13)22-12-7-3-10(17)4-8-12/h1-8H,(H,18,21). The van der Waals surface area contributed by atoms with E-state index in [1.54, 1.807) is 36.4 Å². The maximum atomic E-state index is 12.4. The highest BCUT2D eigenvalue weighted by Gasteiger charge is 2.17. The van der Waals surface area contributed by atoms with Gasteiger partial charge in [-0.3, -0.25) is 4.79 Å². The van der Waals surface area contributed by atoms with Gasteiger partial charge in [-0.05, 0) is 60.1 Å². The second-order valence-electron chi connectivity index (χ2n) is 4.43. The Kier molecular flexibility index (Phi) is 5.17. The lowest BCUT2D eigenvalue weighted by atomic mass is 10.3. The van der Waals surface area contributed by atoms with E-state index in [0.29, 0.717) is 21.4 Å². The van der Waals surface area contributed by atoms with Gasteiger partial charge in [0.25, 0.3) is 5.91 Å². The number of anilines is 1. The molecule has 0 aliphatic heterocycles. The fraction of sp³-hybridized carbons (Fsp3) is 0. The Morgan fingerprint density at radius 1 is 1.00 bits per heavy atom. The van der Waals surface area contributed by atoms with Crippen molar-refractivity contribution in [3.05, 3.63) is 64.3 Å². The minimum absolute atomic E-state index is 0.296. The van der Waals surface area contributed by atoms with Gasteiger partial charge < -0.3 is 5.32 Å². The van der Waals surface area contributed by atoms with Gasteiger partial charge in [0.15, 0.2) is 5.69 Å². The van der Waals surface area contributed by atoms with Crippen LogP contribution in [0.4, 0.5) is 5.69 Å². The molecule has 4 nitrogen and oxygen atoms in total. The first-order chi connectivity index (χ1) is 11.1. The number of nitrogens with one attached hydrogen (secondary N) is 1. The highest BCUT2D eigenvalue weighted by molar-refractivity contribution is 8.01. The van der Waals surface area contributed by atoms with E-state index in [1.807, 2.05) is 12.1 Å². The van der Waals surface area contributed by atoms with Crippen molar-refractivity contribution in [1.29, 1.82) is 0 Å². The van der Waals surface area contributed by atoms with Gasteiger partial charge in [-0.25, -0.2) is 0 Å². The molecule has 0 bridgehead atoms. The fourth-order valence-corrected chi connectivity index (χ4v) is 3.64. The Morgan fingerprint density at radius 2 is 1.61 bits per heavy atom. The van der Waals surface area contributed by atoms with Crippen molar-refractivity contribution in [2.75, 3.05) is 5.32 Å². The van der Waals surface area contributed by atoms with E-state index in [2.05, 4.69) is 14.9 Å². The minimum atomic E-state index is -0.308. The number of carbonyl (C=O) groups excluding carboxylic acids is 1. The molecule has 0 radical (unpaired) electrons. The summed E-state index contributed by atoms with van der Waals surface area (Å²) in [5.74, 6) is -0.308. The molecule has 0 spiro atoms. The van der Waals surface area contributed by atoms with Crippen LogP contribution in [0, 0.1) is 0 Å². The molecule has 116 valence electrons. The van der Waals surface area contributed by atoms with E-state index >= 15 is 0 Å². The summed E-state index contributed by atoms with van der Waals surface area (Å²) < 4.78 is 4.60. The van der Waals surface area contributed by atoms with Crippen LogP contribution in [0.25, 0.3) is 0 Å². The molecule has 1 amide bonds. The van der Waals surface area contributed by atoms with Gasteiger partial charge in [0.2, 0.25) is 0 Å². The molecule has 3 rings (SSSR count). The molecule has 0 aliphatic rings. The average molecular weight is 382 g/mol. The molecule has 0 saturated heterocycles. The first kappa shape index (κ1) is 16.3. The molecule has 0 aliphatic carbocycles. The van der Waals surface area contributed by atoms with E-state index in [9.17, 15) is 4.79 Å². The molecule has 8 heteroatoms. The summed E-state index contributed by atoms with van der Waals surface area (Å²) in [6, 6.07) is 14.2. The number of nitrogens with zero attached hydrogens (tertiary/aromatic N) is 2. The average Bonchev–Trinajstić information content (AvgIpc) is 3.00. The third-order valence-electron chi connectivity index (χ3n) is 2.80. The molecule has 3 aromatic rings. The number of hydrogen-bond acceptors (Lipinski definition) is 5. The lowest BCUT2D eigenvalue weighted by molar-refractivity contribution is 0.101. The van der Waals surface area contributed by atoms with Crippen molar-refractivity contribution >= 4 is 58.1 Å². The first-order valence-corrected chi connectivity index (χ1v) is 8.79. The molecular weight excluding hydrogens is 373 g/mol. The van der Waals surface area contributed by atoms with Crippen LogP contribution in [0.2, 0.25) is 10.0 Å². The largest absolute Gasteiger partial charge is 0.321 e. The maximum Gasteiger partial charge on any atom is 0.278 e. The molecule has 0 atom stereocenters. The van der Waals surface area contributed by atoms with Gasteiger partial charge in [0.1, 0.15) is 4.21 Å². The molecular formula is C15H9Cl2N3OS2. The van der Waals surface area contributed by atoms with Crippen LogP contribution < -0.4 is 5.32 Å². The van der Waals surface area contributed by atoms with E-state index in [1.165, 1.54) is 23.3 Å². The summed E-state index contributed by atoms with van der Waals surface area (Å²) in [5, 5.41) is 7.98. The molecule has 2 aromatic carbocycles. The number of benzene rings is 2. The Morgan fingerprint density at radius 3 is 2.26 bits per heavy atom. The number of aromatic nitrogens is 2. The molecule has 0 fully saturated rings. The topological polar surface area (TPSA) is 54.9 Å². The van der Waals surface area contributed by atoms with Crippen molar-refractivity contribution in [2.45, 2.75) is 9.10 Å². The van der Waals surface area contributed by atoms with Crippen LogP contribution in [-0.2, 0) is 0 Å². The van der Waals surface area contributed by atoms with Crippen LogP contribution >= 0.6 is 46.5 Å². The maximum absolute atomic E-state index is 12.4. The smallest absolute Gasteiger partial charge is 0.278 e. The SMILES string of the molecule is O=C(Nc1ccc(Cl)cc1)c1nnsc1Sc1ccc(Cl)cc1. The van der Waals surface area contributed by atoms with Crippen molar-refractivity contribution in [3.63, 3.8) is 0 Å². The summed E-state index contributed by atoms with van der Waals surface area (Å²) in [6.45, 7) is 0. The van der Waals surface area contributed by atoms with Gasteiger partial charge in [-0.15, -0.1) is 5.10 Å². The van der Waals surface area contributed by atoms with E-state index in [0.717, 1.165) is 9.10 Å². The van der Waals surface area contributed by atoms with Crippen molar-refractivity contribution in [1.82, 2.24) is 9.59 Å². The van der Waals surface area contributed by atoms with Gasteiger partial charge >= 0.3 is 0 Å². The quantitative estimate of drug-likeness (QED) is 0.670. The van der Waals surface area contributed by atoms with E-state index < -0.39 is 0 Å². The van der Waals surface area contributed by atoms with Crippen molar-refractivity contribution in [3.8, 4) is 0 Å². The molecule has 0 saturated carbocycles. The lowest BCUT2D eigenvalue weighted by Gasteiger charge is -2.04. The number of amides is 1. The van der Waals surface area contributed by atoms with Gasteiger partial charge in [0, 0.05) is 20.6 Å². The van der Waals surface area contributed by atoms with E-state index in [4.69, 9.17) is 23.2 Å². The Balaban J connectivity index is 1.75. The number of rotatable bonds is 4. The summed E-state index contributed by atoms with van der Waals surface area (Å²) in [5.41, 5.74) is 0.944. The highest BCUT2D eigenvalue weighted by Crippen LogP contribution is 2.33. The summed E-state index contributed by atoms with van der Waals surface area (Å²) in [7, 11) is 0. The van der Waals surface area contributed by atoms with Crippen LogP contribution in [0.3, 0.4) is 0 Å². The third kappa shape index (κ3) is 4.23. The molecule has 23 heavy (non-hydrogen) atoms. The number of halogens is 2. The Hall–Kier alpha value is -1.60. The second-order valence-corrected chi connectivity index (χ2v) is 7.40. The molecule has 1 N–H and O–H groups in total. The monoisotopic (exact) mass is 381 g/mol. The Labute approximate surface area is 151 Å². The third-order valence-corrected chi connectivity index (χ3v) is 5.19. The highest BCUT2D eigenvalue weighted by atomic mass is 35.5. The normalized spacial score (nSPS) is 10.5. The first-order valence-electron chi connectivity index (χ1n) is 6.44. The van der Waals surface area contributed by atoms with Gasteiger partial charge in [-0.1, -0.05) is 39.5 Å². The zero-order valence-electron chi connectivity index (χ0n) is 11.5. The zero-order chi connectivity index (χ0) is 16.2. The summed E-state index contributed by atoms with van der Waals surface area (Å²) in [6.07, 6.45) is 0. The Bertz CT molecular complexity index is 819. The van der Waals surface area contributed by atoms with Crippen molar-refractivity contribution < 1.29 is 4.79 Å². The predicted octanol–water partition coefficient (Wildman–Crippen LogP) is 5.25. The number of carbonyl (C=O) groups is 1. The van der Waals surface area contributed by atoms with Crippen LogP contribution in [0.5, 0.6) is 0 Å². The van der Waals surface area contributed by atoms with Gasteiger partial charge in [-0.2, -0.15) is 0 Å². The minimum Gasteiger partial charge on any atom is -0.321 e. The zero-order valence-corrected chi connectivity index (χ0v) is 14.6. The van der Waals surface area contributed by atoms with Crippen LogP contribution in [0.15, 0.2) is 57.6 Å². The van der Waals surface area contributed by atoms with E-state index in [-0.39, 0.29) is 5.91 Å². The molecule has 0 unspecified atom stereocenters.